The molecule has 2 heterocycles. The van der Waals surface area contributed by atoms with Gasteiger partial charge in [0.05, 0.1) is 18.6 Å². The molecule has 0 saturated heterocycles. The largest absolute Gasteiger partial charge is 0.502 e. The Morgan fingerprint density at radius 1 is 0.667 bits per heavy atom. The van der Waals surface area contributed by atoms with Crippen molar-refractivity contribution in [1.29, 1.82) is 0 Å². The maximum Gasteiger partial charge on any atom is 0.246 e. The first kappa shape index (κ1) is 36.7. The number of hydrogen-bond donors (Lipinski definition) is 0. The Labute approximate surface area is 326 Å². The second-order valence-corrected chi connectivity index (χ2v) is 19.5. The van der Waals surface area contributed by atoms with Gasteiger partial charge in [0, 0.05) is 16.9 Å². The SMILES string of the molecule is C=Cc1ccc2c(c1)N(c1cc3c(cc1-c1ccccc1)C(C)(C)CCC3(C)C)c1cc3c(cc1B2/C1=C/OCCC/C(C)=C\C1)C(C)(C)CCC3(C)C. The molecule has 0 atom stereocenters. The third-order valence-electron chi connectivity index (χ3n) is 13.8. The molecule has 4 aromatic carbocycles. The van der Waals surface area contributed by atoms with Gasteiger partial charge in [-0.15, -0.1) is 0 Å². The molecule has 0 aromatic heterocycles. The maximum atomic E-state index is 6.40. The summed E-state index contributed by atoms with van der Waals surface area (Å²) in [6, 6.07) is 28.6. The first-order valence-electron chi connectivity index (χ1n) is 20.6. The van der Waals surface area contributed by atoms with Crippen LogP contribution in [-0.2, 0) is 26.4 Å². The number of anilines is 3. The summed E-state index contributed by atoms with van der Waals surface area (Å²) < 4.78 is 6.40. The fourth-order valence-corrected chi connectivity index (χ4v) is 9.99. The van der Waals surface area contributed by atoms with Crippen LogP contribution in [0.4, 0.5) is 17.1 Å². The molecule has 0 saturated carbocycles. The van der Waals surface area contributed by atoms with E-state index in [1.807, 2.05) is 6.08 Å². The normalized spacial score (nSPS) is 22.6. The van der Waals surface area contributed by atoms with E-state index in [9.17, 15) is 0 Å². The van der Waals surface area contributed by atoms with Crippen molar-refractivity contribution in [2.45, 2.75) is 129 Å². The van der Waals surface area contributed by atoms with Gasteiger partial charge in [-0.25, -0.2) is 0 Å². The molecule has 2 aliphatic carbocycles. The lowest BCUT2D eigenvalue weighted by molar-refractivity contribution is 0.244. The quantitative estimate of drug-likeness (QED) is 0.154. The highest BCUT2D eigenvalue weighted by atomic mass is 16.5. The molecule has 8 rings (SSSR count). The van der Waals surface area contributed by atoms with Crippen molar-refractivity contribution < 1.29 is 4.74 Å². The van der Waals surface area contributed by atoms with E-state index in [-0.39, 0.29) is 28.4 Å². The molecule has 0 bridgehead atoms. The van der Waals surface area contributed by atoms with Crippen LogP contribution < -0.4 is 15.8 Å². The average Bonchev–Trinajstić information content (AvgIpc) is 3.25. The summed E-state index contributed by atoms with van der Waals surface area (Å²) in [7, 11) is 0. The fourth-order valence-electron chi connectivity index (χ4n) is 9.99. The van der Waals surface area contributed by atoms with E-state index in [1.165, 1.54) is 98.1 Å². The van der Waals surface area contributed by atoms with E-state index < -0.39 is 0 Å². The van der Waals surface area contributed by atoms with Gasteiger partial charge in [-0.2, -0.15) is 0 Å². The molecule has 4 aromatic rings. The molecular formula is C51H60BNO. The molecule has 0 radical (unpaired) electrons. The summed E-state index contributed by atoms with van der Waals surface area (Å²) in [5, 5.41) is 0. The van der Waals surface area contributed by atoms with Crippen LogP contribution in [0.1, 0.15) is 135 Å². The van der Waals surface area contributed by atoms with Crippen LogP contribution in [0.5, 0.6) is 0 Å². The number of nitrogens with zero attached hydrogens (tertiary/aromatic N) is 1. The summed E-state index contributed by atoms with van der Waals surface area (Å²) in [6.45, 7) is 27.0. The highest BCUT2D eigenvalue weighted by Gasteiger charge is 2.44. The predicted molar refractivity (Wildman–Crippen MR) is 234 cm³/mol. The lowest BCUT2D eigenvalue weighted by atomic mass is 9.33. The van der Waals surface area contributed by atoms with Crippen molar-refractivity contribution in [2.24, 2.45) is 0 Å². The Kier molecular flexibility index (Phi) is 8.99. The molecule has 3 heteroatoms. The molecular weight excluding hydrogens is 653 g/mol. The molecule has 0 N–H and O–H groups in total. The zero-order chi connectivity index (χ0) is 38.2. The zero-order valence-corrected chi connectivity index (χ0v) is 34.5. The Morgan fingerprint density at radius 2 is 1.24 bits per heavy atom. The van der Waals surface area contributed by atoms with Gasteiger partial charge in [-0.3, -0.25) is 0 Å². The predicted octanol–water partition coefficient (Wildman–Crippen LogP) is 12.7. The maximum absolute atomic E-state index is 6.40. The Bertz CT molecular complexity index is 2200. The van der Waals surface area contributed by atoms with Gasteiger partial charge in [0.25, 0.3) is 0 Å². The van der Waals surface area contributed by atoms with Gasteiger partial charge < -0.3 is 9.64 Å². The molecule has 54 heavy (non-hydrogen) atoms. The van der Waals surface area contributed by atoms with E-state index in [1.54, 1.807) is 0 Å². The number of hydrogen-bond acceptors (Lipinski definition) is 2. The van der Waals surface area contributed by atoms with Crippen molar-refractivity contribution >= 4 is 40.8 Å². The minimum absolute atomic E-state index is 0.0616. The van der Waals surface area contributed by atoms with Crippen molar-refractivity contribution in [3.8, 4) is 11.1 Å². The minimum atomic E-state index is 0.0616. The van der Waals surface area contributed by atoms with Crippen LogP contribution in [0.3, 0.4) is 0 Å². The molecule has 0 amide bonds. The lowest BCUT2D eigenvalue weighted by Crippen LogP contribution is -2.52. The molecule has 2 aliphatic heterocycles. The number of benzene rings is 4. The van der Waals surface area contributed by atoms with Gasteiger partial charge >= 0.3 is 0 Å². The van der Waals surface area contributed by atoms with Gasteiger partial charge in [0.2, 0.25) is 6.71 Å². The van der Waals surface area contributed by atoms with E-state index >= 15 is 0 Å². The summed E-state index contributed by atoms with van der Waals surface area (Å²) in [4.78, 5) is 2.66. The van der Waals surface area contributed by atoms with Crippen molar-refractivity contribution in [3.63, 3.8) is 0 Å². The monoisotopic (exact) mass is 713 g/mol. The van der Waals surface area contributed by atoms with Crippen LogP contribution >= 0.6 is 0 Å². The molecule has 2 nitrogen and oxygen atoms in total. The second kappa shape index (κ2) is 13.2. The summed E-state index contributed by atoms with van der Waals surface area (Å²) in [5.41, 5.74) is 19.2. The minimum Gasteiger partial charge on any atom is -0.502 e. The molecule has 278 valence electrons. The molecule has 0 fully saturated rings. The molecule has 0 spiro atoms. The van der Waals surface area contributed by atoms with Crippen LogP contribution in [0.15, 0.2) is 103 Å². The molecule has 4 aliphatic rings. The first-order valence-corrected chi connectivity index (χ1v) is 20.6. The van der Waals surface area contributed by atoms with Crippen molar-refractivity contribution in [1.82, 2.24) is 0 Å². The van der Waals surface area contributed by atoms with Crippen LogP contribution in [0.2, 0.25) is 0 Å². The highest BCUT2D eigenvalue weighted by Crippen LogP contribution is 2.53. The van der Waals surface area contributed by atoms with E-state index in [4.69, 9.17) is 4.74 Å². The smallest absolute Gasteiger partial charge is 0.246 e. The Balaban J connectivity index is 1.50. The van der Waals surface area contributed by atoms with E-state index in [0.29, 0.717) is 0 Å². The van der Waals surface area contributed by atoms with Crippen LogP contribution in [-0.4, -0.2) is 13.3 Å². The number of ether oxygens (including phenoxy) is 1. The van der Waals surface area contributed by atoms with Crippen LogP contribution in [0.25, 0.3) is 17.2 Å². The van der Waals surface area contributed by atoms with Crippen molar-refractivity contribution in [2.75, 3.05) is 11.5 Å². The third-order valence-corrected chi connectivity index (χ3v) is 13.8. The lowest BCUT2D eigenvalue weighted by Gasteiger charge is -2.46. The number of fused-ring (bicyclic) bond motifs is 4. The Hall–Kier alpha value is -4.24. The fraction of sp³-hybridized carbons (Fsp3) is 0.412. The number of allylic oxidation sites excluding steroid dienone is 3. The van der Waals surface area contributed by atoms with Crippen molar-refractivity contribution in [3.05, 3.63) is 131 Å². The van der Waals surface area contributed by atoms with Gasteiger partial charge in [-0.05, 0) is 142 Å². The molecule has 0 unspecified atom stereocenters. The Morgan fingerprint density at radius 3 is 1.87 bits per heavy atom. The number of rotatable bonds is 4. The van der Waals surface area contributed by atoms with Gasteiger partial charge in [0.1, 0.15) is 0 Å². The first-order chi connectivity index (χ1) is 25.6. The van der Waals surface area contributed by atoms with E-state index in [2.05, 4.69) is 159 Å². The van der Waals surface area contributed by atoms with Crippen LogP contribution in [0, 0.1) is 0 Å². The summed E-state index contributed by atoms with van der Waals surface area (Å²) in [5.74, 6) is 0. The van der Waals surface area contributed by atoms with Gasteiger partial charge in [0.15, 0.2) is 0 Å². The average molecular weight is 714 g/mol. The van der Waals surface area contributed by atoms with E-state index in [0.717, 1.165) is 31.4 Å². The standard InChI is InChI=1S/C51H60BNO/c1-11-35-20-22-43-46(28-35)53(45-31-41-39(48(3,4)23-25-50(41,7)8)29-38(45)36-17-13-12-14-18-36)47-32-42-40(49(5,6)24-26-51(42,9)10)30-44(47)52(43)37-21-19-34(2)16-15-27-54-33-37/h11-14,17-20,22,28-33H,1,15-16,21,23-27H2,2-10H3/b34-19-,37-33+. The van der Waals surface area contributed by atoms with Gasteiger partial charge in [-0.1, -0.05) is 134 Å². The third kappa shape index (κ3) is 6.20. The second-order valence-electron chi connectivity index (χ2n) is 19.5. The summed E-state index contributed by atoms with van der Waals surface area (Å²) >= 11 is 0. The topological polar surface area (TPSA) is 12.5 Å². The highest BCUT2D eigenvalue weighted by molar-refractivity contribution is 6.93. The zero-order valence-electron chi connectivity index (χ0n) is 34.5. The summed E-state index contributed by atoms with van der Waals surface area (Å²) in [6.07, 6.45) is 14.3.